The second-order valence-corrected chi connectivity index (χ2v) is 10.9. The van der Waals surface area contributed by atoms with Gasteiger partial charge in [0.1, 0.15) is 5.69 Å². The van der Waals surface area contributed by atoms with Crippen molar-refractivity contribution in [2.24, 2.45) is 5.92 Å². The molecule has 0 bridgehead atoms. The van der Waals surface area contributed by atoms with Gasteiger partial charge in [0, 0.05) is 38.6 Å². The molecule has 184 valence electrons. The minimum Gasteiger partial charge on any atom is -0.483 e. The molecule has 0 aromatic carbocycles. The van der Waals surface area contributed by atoms with Crippen LogP contribution in [0.2, 0.25) is 0 Å². The molecule has 3 aromatic rings. The van der Waals surface area contributed by atoms with E-state index in [1.807, 2.05) is 4.90 Å². The Morgan fingerprint density at radius 1 is 0.971 bits per heavy atom. The summed E-state index contributed by atoms with van der Waals surface area (Å²) in [4.78, 5) is 23.7. The molecule has 35 heavy (non-hydrogen) atoms. The number of hydrogen-bond donors (Lipinski definition) is 0. The van der Waals surface area contributed by atoms with Gasteiger partial charge in [0.2, 0.25) is 5.75 Å². The number of nitrogens with zero attached hydrogens (tertiary/aromatic N) is 6. The predicted molar refractivity (Wildman–Crippen MR) is 130 cm³/mol. The molecule has 0 amide bonds. The van der Waals surface area contributed by atoms with Crippen molar-refractivity contribution < 1.29 is 13.2 Å². The van der Waals surface area contributed by atoms with E-state index in [1.54, 1.807) is 42.7 Å². The van der Waals surface area contributed by atoms with Crippen molar-refractivity contribution >= 4 is 15.7 Å². The minimum absolute atomic E-state index is 0.0347. The third kappa shape index (κ3) is 4.78. The monoisotopic (exact) mass is 496 g/mol. The van der Waals surface area contributed by atoms with Gasteiger partial charge in [-0.05, 0) is 49.4 Å². The fourth-order valence-electron chi connectivity index (χ4n) is 4.64. The first-order valence-corrected chi connectivity index (χ1v) is 13.2. The van der Waals surface area contributed by atoms with Gasteiger partial charge in [0.25, 0.3) is 10.0 Å². The third-order valence-corrected chi connectivity index (χ3v) is 8.35. The van der Waals surface area contributed by atoms with Crippen molar-refractivity contribution in [1.82, 2.24) is 24.1 Å². The second kappa shape index (κ2) is 9.74. The summed E-state index contributed by atoms with van der Waals surface area (Å²) in [7, 11) is -3.68. The van der Waals surface area contributed by atoms with Gasteiger partial charge >= 0.3 is 5.56 Å². The van der Waals surface area contributed by atoms with Gasteiger partial charge in [0.15, 0.2) is 10.8 Å². The maximum atomic E-state index is 13.5. The average molecular weight is 497 g/mol. The summed E-state index contributed by atoms with van der Waals surface area (Å²) >= 11 is 0. The maximum absolute atomic E-state index is 13.5. The van der Waals surface area contributed by atoms with Crippen LogP contribution in [0.4, 0.5) is 5.69 Å². The molecule has 1 aliphatic heterocycles. The quantitative estimate of drug-likeness (QED) is 0.510. The first kappa shape index (κ1) is 23.4. The van der Waals surface area contributed by atoms with Crippen LogP contribution in [-0.2, 0) is 10.0 Å². The molecule has 0 spiro atoms. The fraction of sp³-hybridized carbons (Fsp3) is 0.417. The number of anilines is 1. The van der Waals surface area contributed by atoms with E-state index in [0.717, 1.165) is 19.3 Å². The van der Waals surface area contributed by atoms with Crippen LogP contribution in [0.25, 0.3) is 5.82 Å². The second-order valence-electron chi connectivity index (χ2n) is 8.98. The van der Waals surface area contributed by atoms with Crippen LogP contribution in [0.3, 0.4) is 0 Å². The number of sulfonamides is 1. The molecule has 3 aromatic heterocycles. The lowest BCUT2D eigenvalue weighted by Crippen LogP contribution is -2.49. The van der Waals surface area contributed by atoms with E-state index in [2.05, 4.69) is 22.0 Å². The Hall–Kier alpha value is -3.31. The lowest BCUT2D eigenvalue weighted by atomic mass is 10.1. The van der Waals surface area contributed by atoms with Crippen molar-refractivity contribution in [3.8, 4) is 11.6 Å². The summed E-state index contributed by atoms with van der Waals surface area (Å²) in [6.45, 7) is 3.52. The van der Waals surface area contributed by atoms with Gasteiger partial charge in [0.05, 0.1) is 12.3 Å². The topological polar surface area (TPSA) is 111 Å². The van der Waals surface area contributed by atoms with Gasteiger partial charge in [-0.25, -0.2) is 18.4 Å². The molecule has 5 rings (SSSR count). The highest BCUT2D eigenvalue weighted by Gasteiger charge is 2.32. The number of pyridine rings is 2. The highest BCUT2D eigenvalue weighted by atomic mass is 32.2. The Balaban J connectivity index is 1.42. The van der Waals surface area contributed by atoms with Crippen molar-refractivity contribution in [3.63, 3.8) is 0 Å². The molecule has 2 atom stereocenters. The maximum Gasteiger partial charge on any atom is 0.317 e. The van der Waals surface area contributed by atoms with E-state index in [0.29, 0.717) is 30.5 Å². The van der Waals surface area contributed by atoms with E-state index in [-0.39, 0.29) is 35.5 Å². The zero-order chi connectivity index (χ0) is 24.4. The number of piperazine rings is 1. The molecule has 1 saturated heterocycles. The van der Waals surface area contributed by atoms with Gasteiger partial charge < -0.3 is 9.64 Å². The zero-order valence-corrected chi connectivity index (χ0v) is 20.3. The average Bonchev–Trinajstić information content (AvgIpc) is 3.31. The van der Waals surface area contributed by atoms with Gasteiger partial charge in [-0.15, -0.1) is 0 Å². The van der Waals surface area contributed by atoms with E-state index in [9.17, 15) is 13.2 Å². The highest BCUT2D eigenvalue weighted by molar-refractivity contribution is 7.89. The number of ether oxygens (including phenoxy) is 1. The Morgan fingerprint density at radius 2 is 1.71 bits per heavy atom. The molecule has 1 saturated carbocycles. The van der Waals surface area contributed by atoms with Crippen LogP contribution in [0.1, 0.15) is 26.2 Å². The molecular weight excluding hydrogens is 468 g/mol. The van der Waals surface area contributed by atoms with Gasteiger partial charge in [-0.1, -0.05) is 19.1 Å². The Bertz CT molecular complexity index is 1330. The van der Waals surface area contributed by atoms with Crippen molar-refractivity contribution in [2.45, 2.75) is 37.3 Å². The summed E-state index contributed by atoms with van der Waals surface area (Å²) in [6.07, 6.45) is 7.50. The molecule has 2 aliphatic rings. The molecule has 1 aliphatic carbocycles. The third-order valence-electron chi connectivity index (χ3n) is 6.53. The van der Waals surface area contributed by atoms with Crippen molar-refractivity contribution in [3.05, 3.63) is 65.3 Å². The first-order chi connectivity index (χ1) is 16.9. The SMILES string of the molecule is CC1CCC(Oc2c(N3CCN(S(=O)(=O)c4ccccn4)CC3)cnn(-c3ccccn3)c2=O)C1. The van der Waals surface area contributed by atoms with Crippen molar-refractivity contribution in [1.29, 1.82) is 0 Å². The van der Waals surface area contributed by atoms with E-state index in [1.165, 1.54) is 21.3 Å². The summed E-state index contributed by atoms with van der Waals surface area (Å²) < 4.78 is 34.9. The largest absolute Gasteiger partial charge is 0.483 e. The van der Waals surface area contributed by atoms with Crippen LogP contribution >= 0.6 is 0 Å². The standard InChI is InChI=1S/C24H28N6O4S/c1-18-8-9-19(16-18)34-23-20(17-27-30(24(23)31)21-6-2-4-10-25-21)28-12-14-29(15-13-28)35(32,33)22-7-3-5-11-26-22/h2-7,10-11,17-19H,8-9,12-16H2,1H3. The molecule has 2 fully saturated rings. The van der Waals surface area contributed by atoms with Gasteiger partial charge in [-0.2, -0.15) is 14.1 Å². The number of rotatable bonds is 6. The van der Waals surface area contributed by atoms with E-state index < -0.39 is 10.0 Å². The molecule has 4 heterocycles. The Labute approximate surface area is 204 Å². The molecule has 11 heteroatoms. The van der Waals surface area contributed by atoms with Crippen LogP contribution in [-0.4, -0.2) is 64.8 Å². The molecule has 0 radical (unpaired) electrons. The Morgan fingerprint density at radius 3 is 2.34 bits per heavy atom. The summed E-state index contributed by atoms with van der Waals surface area (Å²) in [5, 5.41) is 4.40. The van der Waals surface area contributed by atoms with E-state index >= 15 is 0 Å². The Kier molecular flexibility index (Phi) is 6.52. The lowest BCUT2D eigenvalue weighted by molar-refractivity contribution is 0.201. The van der Waals surface area contributed by atoms with Gasteiger partial charge in [-0.3, -0.25) is 4.79 Å². The smallest absolute Gasteiger partial charge is 0.317 e. The van der Waals surface area contributed by atoms with Crippen LogP contribution in [0.15, 0.2) is 64.8 Å². The summed E-state index contributed by atoms with van der Waals surface area (Å²) in [5.74, 6) is 1.20. The highest BCUT2D eigenvalue weighted by Crippen LogP contribution is 2.32. The number of aromatic nitrogens is 4. The van der Waals surface area contributed by atoms with E-state index in [4.69, 9.17) is 4.74 Å². The van der Waals surface area contributed by atoms with Crippen molar-refractivity contribution in [2.75, 3.05) is 31.1 Å². The first-order valence-electron chi connectivity index (χ1n) is 11.8. The minimum atomic E-state index is -3.68. The normalized spacial score (nSPS) is 21.2. The molecule has 2 unspecified atom stereocenters. The molecule has 0 N–H and O–H groups in total. The van der Waals surface area contributed by atoms with Crippen LogP contribution in [0.5, 0.6) is 5.75 Å². The predicted octanol–water partition coefficient (Wildman–Crippen LogP) is 2.10. The fourth-order valence-corrected chi connectivity index (χ4v) is 5.99. The molecular formula is C24H28N6O4S. The zero-order valence-electron chi connectivity index (χ0n) is 19.5. The summed E-state index contributed by atoms with van der Waals surface area (Å²) in [6, 6.07) is 10.1. The lowest BCUT2D eigenvalue weighted by Gasteiger charge is -2.35. The molecule has 10 nitrogen and oxygen atoms in total. The summed E-state index contributed by atoms with van der Waals surface area (Å²) in [5.41, 5.74) is 0.209. The van der Waals surface area contributed by atoms with Crippen LogP contribution < -0.4 is 15.2 Å². The van der Waals surface area contributed by atoms with Crippen LogP contribution in [0, 0.1) is 5.92 Å². The number of hydrogen-bond acceptors (Lipinski definition) is 8.